The van der Waals surface area contributed by atoms with E-state index in [1.165, 1.54) is 154 Å². The SMILES string of the molecule is CCCCCCCCCCCCCCSSCCC(=O)N(CCO)C(C(=O)NCCN(C)CCNC(=O)C(C(C)C)N(CCO)C(=O)CCSSCCCCCCCCCCCCCC)C(C)C. The number of carbonyl (C=O) groups excluding carboxylic acids is 4. The fraction of sp³-hybridized carbons (Fsp3) is 0.925. The average Bonchev–Trinajstić information content (AvgIpc) is 3.30. The van der Waals surface area contributed by atoms with Crippen LogP contribution in [0.1, 0.15) is 208 Å². The maximum Gasteiger partial charge on any atom is 0.243 e. The van der Waals surface area contributed by atoms with Crippen LogP contribution in [0.2, 0.25) is 0 Å². The highest BCUT2D eigenvalue weighted by atomic mass is 33.1. The van der Waals surface area contributed by atoms with Crippen molar-refractivity contribution >= 4 is 66.8 Å². The molecule has 0 fully saturated rings. The first-order valence-corrected chi connectivity index (χ1v) is 32.5. The van der Waals surface area contributed by atoms with Crippen LogP contribution >= 0.6 is 43.2 Å². The van der Waals surface area contributed by atoms with Crippen molar-refractivity contribution in [1.82, 2.24) is 25.3 Å². The molecule has 68 heavy (non-hydrogen) atoms. The van der Waals surface area contributed by atoms with E-state index in [2.05, 4.69) is 24.5 Å². The molecule has 0 saturated heterocycles. The summed E-state index contributed by atoms with van der Waals surface area (Å²) in [7, 11) is 8.99. The van der Waals surface area contributed by atoms with Gasteiger partial charge < -0.3 is 35.5 Å². The summed E-state index contributed by atoms with van der Waals surface area (Å²) in [4.78, 5) is 58.9. The highest BCUT2D eigenvalue weighted by Gasteiger charge is 2.33. The zero-order valence-electron chi connectivity index (χ0n) is 44.7. The van der Waals surface area contributed by atoms with Gasteiger partial charge in [0.25, 0.3) is 0 Å². The molecular formula is C53H105N5O6S4. The number of rotatable bonds is 50. The van der Waals surface area contributed by atoms with Crippen LogP contribution in [0.4, 0.5) is 0 Å². The predicted octanol–water partition coefficient (Wildman–Crippen LogP) is 11.8. The second kappa shape index (κ2) is 48.4. The van der Waals surface area contributed by atoms with E-state index in [9.17, 15) is 29.4 Å². The summed E-state index contributed by atoms with van der Waals surface area (Å²) in [6.45, 7) is 13.8. The summed E-state index contributed by atoms with van der Waals surface area (Å²) in [5, 5.41) is 25.7. The molecule has 0 radical (unpaired) electrons. The molecule has 4 N–H and O–H groups in total. The Morgan fingerprint density at radius 1 is 0.426 bits per heavy atom. The number of unbranched alkanes of at least 4 members (excludes halogenated alkanes) is 22. The van der Waals surface area contributed by atoms with Gasteiger partial charge >= 0.3 is 0 Å². The quantitative estimate of drug-likeness (QED) is 0.0342. The lowest BCUT2D eigenvalue weighted by atomic mass is 10.0. The molecule has 0 spiro atoms. The van der Waals surface area contributed by atoms with E-state index in [1.807, 2.05) is 61.2 Å². The van der Waals surface area contributed by atoms with E-state index in [0.29, 0.717) is 50.5 Å². The van der Waals surface area contributed by atoms with E-state index >= 15 is 0 Å². The second-order valence-electron chi connectivity index (χ2n) is 19.5. The molecule has 11 nitrogen and oxygen atoms in total. The van der Waals surface area contributed by atoms with Crippen LogP contribution in [0.5, 0.6) is 0 Å². The van der Waals surface area contributed by atoms with E-state index in [1.54, 1.807) is 31.4 Å². The van der Waals surface area contributed by atoms with Crippen LogP contribution in [0.15, 0.2) is 0 Å². The van der Waals surface area contributed by atoms with E-state index < -0.39 is 12.1 Å². The maximum absolute atomic E-state index is 13.5. The third-order valence-corrected chi connectivity index (χ3v) is 17.5. The van der Waals surface area contributed by atoms with Gasteiger partial charge in [-0.15, -0.1) is 0 Å². The lowest BCUT2D eigenvalue weighted by molar-refractivity contribution is -0.142. The normalized spacial score (nSPS) is 12.5. The summed E-state index contributed by atoms with van der Waals surface area (Å²) >= 11 is 0. The van der Waals surface area contributed by atoms with Crippen molar-refractivity contribution in [1.29, 1.82) is 0 Å². The van der Waals surface area contributed by atoms with Crippen LogP contribution in [0.25, 0.3) is 0 Å². The molecule has 2 unspecified atom stereocenters. The van der Waals surface area contributed by atoms with Crippen LogP contribution < -0.4 is 10.6 Å². The fourth-order valence-electron chi connectivity index (χ4n) is 8.51. The lowest BCUT2D eigenvalue weighted by Gasteiger charge is -2.33. The Morgan fingerprint density at radius 2 is 0.706 bits per heavy atom. The van der Waals surface area contributed by atoms with Crippen LogP contribution in [0.3, 0.4) is 0 Å². The molecule has 2 atom stereocenters. The minimum absolute atomic E-state index is 0.113. The molecular weight excluding hydrogens is 931 g/mol. The van der Waals surface area contributed by atoms with Gasteiger partial charge in [0.05, 0.1) is 13.2 Å². The van der Waals surface area contributed by atoms with E-state index in [0.717, 1.165) is 11.5 Å². The van der Waals surface area contributed by atoms with E-state index in [4.69, 9.17) is 0 Å². The van der Waals surface area contributed by atoms with Gasteiger partial charge in [0.2, 0.25) is 23.6 Å². The Labute approximate surface area is 434 Å². The van der Waals surface area contributed by atoms with Crippen LogP contribution in [0, 0.1) is 11.8 Å². The number of hydrogen-bond acceptors (Lipinski definition) is 11. The minimum Gasteiger partial charge on any atom is -0.395 e. The summed E-state index contributed by atoms with van der Waals surface area (Å²) in [5.74, 6) is 2.53. The van der Waals surface area contributed by atoms with Crippen molar-refractivity contribution in [3.05, 3.63) is 0 Å². The molecule has 0 aromatic heterocycles. The minimum atomic E-state index is -0.683. The van der Waals surface area contributed by atoms with Crippen molar-refractivity contribution in [3.63, 3.8) is 0 Å². The highest BCUT2D eigenvalue weighted by molar-refractivity contribution is 8.77. The molecule has 0 heterocycles. The molecule has 0 aliphatic heterocycles. The molecule has 0 bridgehead atoms. The summed E-state index contributed by atoms with van der Waals surface area (Å²) < 4.78 is 0. The second-order valence-corrected chi connectivity index (χ2v) is 24.9. The largest absolute Gasteiger partial charge is 0.395 e. The highest BCUT2D eigenvalue weighted by Crippen LogP contribution is 2.26. The van der Waals surface area contributed by atoms with Gasteiger partial charge in [0.1, 0.15) is 12.1 Å². The number of aliphatic hydroxyl groups is 2. The topological polar surface area (TPSA) is 143 Å². The zero-order valence-corrected chi connectivity index (χ0v) is 47.9. The number of nitrogens with zero attached hydrogens (tertiary/aromatic N) is 3. The molecule has 0 aromatic carbocycles. The number of nitrogens with one attached hydrogen (secondary N) is 2. The molecule has 0 aliphatic carbocycles. The molecule has 0 rings (SSSR count). The first-order chi connectivity index (χ1) is 33.0. The van der Waals surface area contributed by atoms with Gasteiger partial charge in [0, 0.05) is 75.1 Å². The van der Waals surface area contributed by atoms with Crippen molar-refractivity contribution in [2.45, 2.75) is 221 Å². The molecule has 0 aliphatic rings. The van der Waals surface area contributed by atoms with E-state index in [-0.39, 0.29) is 61.8 Å². The van der Waals surface area contributed by atoms with Gasteiger partial charge in [-0.05, 0) is 31.7 Å². The number of aliphatic hydroxyl groups excluding tert-OH is 2. The van der Waals surface area contributed by atoms with Gasteiger partial charge in [-0.3, -0.25) is 19.2 Å². The Bertz CT molecular complexity index is 1120. The smallest absolute Gasteiger partial charge is 0.243 e. The van der Waals surface area contributed by atoms with Crippen molar-refractivity contribution in [2.75, 3.05) is 82.5 Å². The number of hydrogen-bond donors (Lipinski definition) is 4. The first-order valence-electron chi connectivity index (χ1n) is 27.5. The van der Waals surface area contributed by atoms with Gasteiger partial charge in [-0.25, -0.2) is 0 Å². The van der Waals surface area contributed by atoms with Gasteiger partial charge in [-0.1, -0.05) is 226 Å². The third kappa shape index (κ3) is 37.0. The standard InChI is InChI=1S/C53H105N5O6S4/c1-8-10-12-14-16-18-20-22-24-26-28-30-42-65-67-44-32-48(61)57(38-40-59)50(46(3)4)52(63)54-34-36-56(7)37-35-55-53(64)51(47(5)6)58(39-41-60)49(62)33-45-68-66-43-31-29-27-25-23-21-19-17-15-13-11-9-2/h46-47,50-51,59-60H,8-45H2,1-7H3,(H,54,63)(H,55,64). The van der Waals surface area contributed by atoms with Crippen molar-refractivity contribution in [3.8, 4) is 0 Å². The Hall–Kier alpha value is -0.840. The molecule has 4 amide bonds. The van der Waals surface area contributed by atoms with Crippen molar-refractivity contribution < 1.29 is 29.4 Å². The monoisotopic (exact) mass is 1040 g/mol. The number of amides is 4. The maximum atomic E-state index is 13.5. The van der Waals surface area contributed by atoms with Gasteiger partial charge in [-0.2, -0.15) is 0 Å². The zero-order chi connectivity index (χ0) is 50.5. The fourth-order valence-corrected chi connectivity index (χ4v) is 12.8. The molecule has 402 valence electrons. The summed E-state index contributed by atoms with van der Waals surface area (Å²) in [6.07, 6.45) is 32.7. The van der Waals surface area contributed by atoms with Gasteiger partial charge in [0.15, 0.2) is 0 Å². The predicted molar refractivity (Wildman–Crippen MR) is 300 cm³/mol. The summed E-state index contributed by atoms with van der Waals surface area (Å²) in [5.41, 5.74) is 0. The first kappa shape index (κ1) is 67.2. The lowest BCUT2D eigenvalue weighted by Crippen LogP contribution is -2.54. The molecule has 0 saturated carbocycles. The number of likely N-dealkylation sites (N-methyl/N-ethyl adjacent to an activating group) is 1. The molecule has 0 aromatic rings. The van der Waals surface area contributed by atoms with Crippen LogP contribution in [-0.4, -0.2) is 143 Å². The third-order valence-electron chi connectivity index (χ3n) is 12.5. The Morgan fingerprint density at radius 3 is 0.985 bits per heavy atom. The van der Waals surface area contributed by atoms with Crippen molar-refractivity contribution in [2.24, 2.45) is 11.8 Å². The Balaban J connectivity index is 4.56. The molecule has 15 heteroatoms. The average molecular weight is 1040 g/mol. The Kier molecular flexibility index (Phi) is 47.8. The summed E-state index contributed by atoms with van der Waals surface area (Å²) in [6, 6.07) is -1.37. The van der Waals surface area contributed by atoms with Crippen LogP contribution in [-0.2, 0) is 19.2 Å². The number of carbonyl (C=O) groups is 4.